The lowest BCUT2D eigenvalue weighted by Gasteiger charge is -2.11. The highest BCUT2D eigenvalue weighted by molar-refractivity contribution is 5.95. The minimum Gasteiger partial charge on any atom is -0.366 e. The molecule has 0 saturated carbocycles. The molecule has 3 heterocycles. The normalized spacial score (nSPS) is 11.8. The molecular weight excluding hydrogens is 443 g/mol. The zero-order valence-corrected chi connectivity index (χ0v) is 17.9. The summed E-state index contributed by atoms with van der Waals surface area (Å²) in [5, 5.41) is 0.0449. The summed E-state index contributed by atoms with van der Waals surface area (Å²) in [4.78, 5) is 19.9. The third-order valence-electron chi connectivity index (χ3n) is 5.67. The highest BCUT2D eigenvalue weighted by atomic mass is 19.4. The second kappa shape index (κ2) is 7.87. The van der Waals surface area contributed by atoms with Crippen LogP contribution in [0.2, 0.25) is 0 Å². The molecule has 0 aliphatic heterocycles. The van der Waals surface area contributed by atoms with Crippen molar-refractivity contribution in [3.8, 4) is 22.6 Å². The molecule has 170 valence electrons. The van der Waals surface area contributed by atoms with Crippen molar-refractivity contribution in [2.24, 2.45) is 5.73 Å². The molecule has 0 aliphatic carbocycles. The monoisotopic (exact) mass is 461 g/mol. The van der Waals surface area contributed by atoms with E-state index in [1.807, 2.05) is 6.07 Å². The number of amides is 1. The van der Waals surface area contributed by atoms with Crippen molar-refractivity contribution >= 4 is 16.8 Å². The maximum Gasteiger partial charge on any atom is 0.418 e. The Bertz CT molecular complexity index is 1530. The Labute approximate surface area is 192 Å². The van der Waals surface area contributed by atoms with Crippen LogP contribution in [0.4, 0.5) is 13.2 Å². The van der Waals surface area contributed by atoms with Crippen LogP contribution in [0, 0.1) is 6.92 Å². The van der Waals surface area contributed by atoms with E-state index in [0.29, 0.717) is 28.1 Å². The van der Waals surface area contributed by atoms with Gasteiger partial charge in [-0.25, -0.2) is 4.98 Å². The molecule has 2 aromatic carbocycles. The molecule has 0 aliphatic rings. The molecular formula is C25H18F3N5O. The number of aromatic nitrogens is 4. The average Bonchev–Trinajstić information content (AvgIpc) is 3.45. The summed E-state index contributed by atoms with van der Waals surface area (Å²) in [6.07, 6.45) is 2.94. The van der Waals surface area contributed by atoms with Gasteiger partial charge in [0.1, 0.15) is 0 Å². The topological polar surface area (TPSA) is 78.7 Å². The highest BCUT2D eigenvalue weighted by Crippen LogP contribution is 2.40. The molecule has 0 atom stereocenters. The molecule has 6 nitrogen and oxygen atoms in total. The summed E-state index contributed by atoms with van der Waals surface area (Å²) in [6.45, 7) is 1.72. The van der Waals surface area contributed by atoms with E-state index < -0.39 is 17.6 Å². The van der Waals surface area contributed by atoms with Gasteiger partial charge in [0.05, 0.1) is 28.8 Å². The summed E-state index contributed by atoms with van der Waals surface area (Å²) in [7, 11) is 0. The molecule has 0 unspecified atom stereocenters. The molecule has 1 amide bonds. The Morgan fingerprint density at radius 3 is 2.53 bits per heavy atom. The first-order valence-corrected chi connectivity index (χ1v) is 10.3. The van der Waals surface area contributed by atoms with Crippen molar-refractivity contribution < 1.29 is 18.0 Å². The minimum absolute atomic E-state index is 0.0449. The fourth-order valence-corrected chi connectivity index (χ4v) is 4.09. The summed E-state index contributed by atoms with van der Waals surface area (Å²) < 4.78 is 45.6. The van der Waals surface area contributed by atoms with Crippen LogP contribution in [0.3, 0.4) is 0 Å². The summed E-state index contributed by atoms with van der Waals surface area (Å²) in [5.74, 6) is -0.602. The number of carbonyl (C=O) groups excluding carboxylic acids is 1. The van der Waals surface area contributed by atoms with Gasteiger partial charge in [-0.2, -0.15) is 13.2 Å². The first kappa shape index (κ1) is 21.4. The predicted octanol–water partition coefficient (Wildman–Crippen LogP) is 5.30. The second-order valence-electron chi connectivity index (χ2n) is 7.86. The highest BCUT2D eigenvalue weighted by Gasteiger charge is 2.36. The van der Waals surface area contributed by atoms with Gasteiger partial charge in [0.15, 0.2) is 0 Å². The zero-order chi connectivity index (χ0) is 24.0. The lowest BCUT2D eigenvalue weighted by molar-refractivity contribution is -0.136. The molecule has 0 fully saturated rings. The third-order valence-corrected chi connectivity index (χ3v) is 5.67. The number of pyridine rings is 1. The van der Waals surface area contributed by atoms with Gasteiger partial charge in [0.25, 0.3) is 0 Å². The van der Waals surface area contributed by atoms with Crippen molar-refractivity contribution in [1.29, 1.82) is 0 Å². The van der Waals surface area contributed by atoms with Crippen LogP contribution in [0.1, 0.15) is 21.5 Å². The molecule has 34 heavy (non-hydrogen) atoms. The predicted molar refractivity (Wildman–Crippen MR) is 122 cm³/mol. The Kier molecular flexibility index (Phi) is 4.97. The number of benzene rings is 2. The van der Waals surface area contributed by atoms with Gasteiger partial charge in [-0.15, -0.1) is 0 Å². The fraction of sp³-hybridized carbons (Fsp3) is 0.0800. The molecule has 0 spiro atoms. The third kappa shape index (κ3) is 3.61. The molecule has 5 aromatic rings. The van der Waals surface area contributed by atoms with Crippen LogP contribution in [-0.4, -0.2) is 25.0 Å². The van der Waals surface area contributed by atoms with Crippen molar-refractivity contribution in [2.45, 2.75) is 13.1 Å². The standard InChI is InChI=1S/C25H18F3N5O/c1-15-10-16(24(29)34)7-8-20(15)33-12-18(25(26,27)28)23-21(5-2-6-22(23)33)32-13-19(31-14-32)17-4-3-9-30-11-17/h2-14H,1H3,(H2,29,34). The van der Waals surface area contributed by atoms with E-state index in [2.05, 4.69) is 9.97 Å². The second-order valence-corrected chi connectivity index (χ2v) is 7.86. The van der Waals surface area contributed by atoms with Crippen LogP contribution in [0.15, 0.2) is 79.6 Å². The van der Waals surface area contributed by atoms with E-state index in [1.54, 1.807) is 66.5 Å². The summed E-state index contributed by atoms with van der Waals surface area (Å²) in [5.41, 5.74) is 8.07. The minimum atomic E-state index is -4.59. The Morgan fingerprint density at radius 2 is 1.85 bits per heavy atom. The zero-order valence-electron chi connectivity index (χ0n) is 17.9. The lowest BCUT2D eigenvalue weighted by Crippen LogP contribution is -2.11. The average molecular weight is 461 g/mol. The van der Waals surface area contributed by atoms with Crippen molar-refractivity contribution in [3.63, 3.8) is 0 Å². The maximum absolute atomic E-state index is 14.2. The Hall–Kier alpha value is -4.40. The van der Waals surface area contributed by atoms with Crippen LogP contribution >= 0.6 is 0 Å². The van der Waals surface area contributed by atoms with Gasteiger partial charge in [0.2, 0.25) is 5.91 Å². The molecule has 0 bridgehead atoms. The summed E-state index contributed by atoms with van der Waals surface area (Å²) in [6, 6.07) is 13.2. The molecule has 2 N–H and O–H groups in total. The number of nitrogens with two attached hydrogens (primary N) is 1. The van der Waals surface area contributed by atoms with Gasteiger partial charge in [-0.05, 0) is 55.0 Å². The van der Waals surface area contributed by atoms with E-state index in [-0.39, 0.29) is 10.9 Å². The first-order valence-electron chi connectivity index (χ1n) is 10.3. The number of fused-ring (bicyclic) bond motifs is 1. The number of rotatable bonds is 4. The molecule has 5 rings (SSSR count). The van der Waals surface area contributed by atoms with Crippen LogP contribution in [0.5, 0.6) is 0 Å². The molecule has 0 radical (unpaired) electrons. The number of hydrogen-bond acceptors (Lipinski definition) is 3. The fourth-order valence-electron chi connectivity index (χ4n) is 4.09. The number of alkyl halides is 3. The van der Waals surface area contributed by atoms with Crippen molar-refractivity contribution in [1.82, 2.24) is 19.1 Å². The molecule has 9 heteroatoms. The molecule has 0 saturated heterocycles. The number of aryl methyl sites for hydroxylation is 1. The number of nitrogens with zero attached hydrogens (tertiary/aromatic N) is 4. The number of primary amides is 1. The van der Waals surface area contributed by atoms with Crippen LogP contribution < -0.4 is 5.73 Å². The van der Waals surface area contributed by atoms with Gasteiger partial charge in [-0.1, -0.05) is 6.07 Å². The van der Waals surface area contributed by atoms with Crippen LogP contribution in [-0.2, 0) is 6.18 Å². The largest absolute Gasteiger partial charge is 0.418 e. The van der Waals surface area contributed by atoms with Gasteiger partial charge < -0.3 is 14.9 Å². The first-order chi connectivity index (χ1) is 16.2. The smallest absolute Gasteiger partial charge is 0.366 e. The summed E-state index contributed by atoms with van der Waals surface area (Å²) >= 11 is 0. The van der Waals surface area contributed by atoms with E-state index in [9.17, 15) is 18.0 Å². The lowest BCUT2D eigenvalue weighted by atomic mass is 10.1. The Balaban J connectivity index is 1.73. The quantitative estimate of drug-likeness (QED) is 0.394. The van der Waals surface area contributed by atoms with Gasteiger partial charge in [0, 0.05) is 47.0 Å². The number of imidazole rings is 1. The molecule has 3 aromatic heterocycles. The van der Waals surface area contributed by atoms with E-state index in [1.165, 1.54) is 17.0 Å². The van der Waals surface area contributed by atoms with Gasteiger partial charge in [-0.3, -0.25) is 9.78 Å². The maximum atomic E-state index is 14.2. The van der Waals surface area contributed by atoms with E-state index in [0.717, 1.165) is 11.8 Å². The van der Waals surface area contributed by atoms with Gasteiger partial charge >= 0.3 is 6.18 Å². The van der Waals surface area contributed by atoms with E-state index >= 15 is 0 Å². The number of hydrogen-bond donors (Lipinski definition) is 1. The SMILES string of the molecule is Cc1cc(C(N)=O)ccc1-n1cc(C(F)(F)F)c2c(-n3cnc(-c4cccnc4)c3)cccc21. The number of halogens is 3. The van der Waals surface area contributed by atoms with Crippen LogP contribution in [0.25, 0.3) is 33.5 Å². The Morgan fingerprint density at radius 1 is 1.03 bits per heavy atom. The van der Waals surface area contributed by atoms with Crippen molar-refractivity contribution in [3.05, 3.63) is 96.3 Å². The van der Waals surface area contributed by atoms with Crippen molar-refractivity contribution in [2.75, 3.05) is 0 Å². The number of carbonyl (C=O) groups is 1. The van der Waals surface area contributed by atoms with E-state index in [4.69, 9.17) is 5.73 Å².